The second-order valence-electron chi connectivity index (χ2n) is 4.37. The van der Waals surface area contributed by atoms with Crippen LogP contribution in [0.15, 0.2) is 30.5 Å². The van der Waals surface area contributed by atoms with Crippen molar-refractivity contribution < 1.29 is 0 Å². The molecule has 1 aromatic heterocycles. The highest BCUT2D eigenvalue weighted by Gasteiger charge is 2.07. The molecule has 2 aromatic rings. The largest absolute Gasteiger partial charge is 0.361 e. The van der Waals surface area contributed by atoms with E-state index in [2.05, 4.69) is 61.2 Å². The van der Waals surface area contributed by atoms with E-state index in [1.165, 1.54) is 16.5 Å². The van der Waals surface area contributed by atoms with Crippen LogP contribution in [0.2, 0.25) is 0 Å². The summed E-state index contributed by atoms with van der Waals surface area (Å²) in [5.74, 6) is 0. The molecule has 0 saturated carbocycles. The molecule has 1 N–H and O–H groups in total. The van der Waals surface area contributed by atoms with Crippen LogP contribution in [0, 0.1) is 0 Å². The lowest BCUT2D eigenvalue weighted by Gasteiger charge is -2.20. The van der Waals surface area contributed by atoms with Gasteiger partial charge in [0, 0.05) is 29.7 Å². The van der Waals surface area contributed by atoms with Gasteiger partial charge < -0.3 is 4.98 Å². The van der Waals surface area contributed by atoms with Crippen LogP contribution in [-0.2, 0) is 6.54 Å². The van der Waals surface area contributed by atoms with Crippen LogP contribution in [-0.4, -0.2) is 23.0 Å². The Morgan fingerprint density at radius 2 is 2.00 bits per heavy atom. The van der Waals surface area contributed by atoms with Gasteiger partial charge >= 0.3 is 0 Å². The monoisotopic (exact) mass is 202 g/mol. The van der Waals surface area contributed by atoms with Crippen LogP contribution < -0.4 is 0 Å². The molecule has 0 saturated heterocycles. The van der Waals surface area contributed by atoms with E-state index >= 15 is 0 Å². The summed E-state index contributed by atoms with van der Waals surface area (Å²) >= 11 is 0. The van der Waals surface area contributed by atoms with Crippen molar-refractivity contribution in [2.45, 2.75) is 26.4 Å². The van der Waals surface area contributed by atoms with E-state index in [4.69, 9.17) is 0 Å². The number of para-hydroxylation sites is 1. The number of aromatic amines is 1. The topological polar surface area (TPSA) is 19.0 Å². The van der Waals surface area contributed by atoms with E-state index < -0.39 is 0 Å². The second kappa shape index (κ2) is 4.07. The molecule has 2 rings (SSSR count). The average molecular weight is 202 g/mol. The number of nitrogens with zero attached hydrogens (tertiary/aromatic N) is 1. The first kappa shape index (κ1) is 10.2. The van der Waals surface area contributed by atoms with E-state index in [1.807, 2.05) is 0 Å². The van der Waals surface area contributed by atoms with Gasteiger partial charge in [0.05, 0.1) is 0 Å². The van der Waals surface area contributed by atoms with Crippen LogP contribution in [0.4, 0.5) is 0 Å². The minimum absolute atomic E-state index is 0.582. The Morgan fingerprint density at radius 3 is 2.73 bits per heavy atom. The smallest absolute Gasteiger partial charge is 0.0457 e. The number of hydrogen-bond donors (Lipinski definition) is 1. The van der Waals surface area contributed by atoms with Crippen molar-refractivity contribution in [3.05, 3.63) is 36.0 Å². The summed E-state index contributed by atoms with van der Waals surface area (Å²) in [5.41, 5.74) is 2.60. The maximum Gasteiger partial charge on any atom is 0.0457 e. The van der Waals surface area contributed by atoms with Gasteiger partial charge in [-0.25, -0.2) is 0 Å². The third kappa shape index (κ3) is 2.05. The molecule has 80 valence electrons. The third-order valence-electron chi connectivity index (χ3n) is 2.98. The zero-order valence-corrected chi connectivity index (χ0v) is 9.62. The van der Waals surface area contributed by atoms with Crippen molar-refractivity contribution in [2.75, 3.05) is 7.05 Å². The van der Waals surface area contributed by atoms with Gasteiger partial charge in [-0.3, -0.25) is 4.90 Å². The molecule has 2 heteroatoms. The molecule has 0 spiro atoms. The molecule has 0 amide bonds. The molecule has 1 aromatic carbocycles. The lowest BCUT2D eigenvalue weighted by molar-refractivity contribution is 0.267. The highest BCUT2D eigenvalue weighted by Crippen LogP contribution is 2.19. The molecular weight excluding hydrogens is 184 g/mol. The molecule has 0 aliphatic carbocycles. The number of H-pyrrole nitrogens is 1. The normalized spacial score (nSPS) is 11.8. The molecule has 0 fully saturated rings. The summed E-state index contributed by atoms with van der Waals surface area (Å²) in [7, 11) is 2.16. The first-order chi connectivity index (χ1) is 7.18. The Bertz CT molecular complexity index is 442. The van der Waals surface area contributed by atoms with Gasteiger partial charge in [-0.05, 0) is 32.5 Å². The van der Waals surface area contributed by atoms with E-state index in [0.717, 1.165) is 6.54 Å². The van der Waals surface area contributed by atoms with Gasteiger partial charge in [-0.15, -0.1) is 0 Å². The van der Waals surface area contributed by atoms with Crippen molar-refractivity contribution in [1.82, 2.24) is 9.88 Å². The molecular formula is C13H18N2. The summed E-state index contributed by atoms with van der Waals surface area (Å²) in [5, 5.41) is 1.34. The first-order valence-corrected chi connectivity index (χ1v) is 5.43. The van der Waals surface area contributed by atoms with Crippen molar-refractivity contribution in [3.63, 3.8) is 0 Å². The zero-order chi connectivity index (χ0) is 10.8. The molecule has 0 atom stereocenters. The highest BCUT2D eigenvalue weighted by molar-refractivity contribution is 5.82. The van der Waals surface area contributed by atoms with Crippen LogP contribution in [0.1, 0.15) is 19.4 Å². The summed E-state index contributed by atoms with van der Waals surface area (Å²) in [4.78, 5) is 5.65. The lowest BCUT2D eigenvalue weighted by Crippen LogP contribution is -2.25. The fourth-order valence-corrected chi connectivity index (χ4v) is 1.71. The average Bonchev–Trinajstić information content (AvgIpc) is 2.62. The number of benzene rings is 1. The van der Waals surface area contributed by atoms with Gasteiger partial charge in [0.2, 0.25) is 0 Å². The van der Waals surface area contributed by atoms with Gasteiger partial charge in [0.15, 0.2) is 0 Å². The van der Waals surface area contributed by atoms with E-state index in [-0.39, 0.29) is 0 Å². The van der Waals surface area contributed by atoms with E-state index in [9.17, 15) is 0 Å². The number of rotatable bonds is 3. The highest BCUT2D eigenvalue weighted by atomic mass is 15.1. The zero-order valence-electron chi connectivity index (χ0n) is 9.62. The lowest BCUT2D eigenvalue weighted by atomic mass is 10.1. The summed E-state index contributed by atoms with van der Waals surface area (Å²) in [6.07, 6.45) is 2.11. The van der Waals surface area contributed by atoms with Gasteiger partial charge in [-0.1, -0.05) is 18.2 Å². The van der Waals surface area contributed by atoms with Crippen LogP contribution >= 0.6 is 0 Å². The van der Waals surface area contributed by atoms with Crippen molar-refractivity contribution in [3.8, 4) is 0 Å². The fraction of sp³-hybridized carbons (Fsp3) is 0.385. The Morgan fingerprint density at radius 1 is 1.27 bits per heavy atom. The van der Waals surface area contributed by atoms with Crippen LogP contribution in [0.5, 0.6) is 0 Å². The van der Waals surface area contributed by atoms with E-state index in [1.54, 1.807) is 0 Å². The van der Waals surface area contributed by atoms with Crippen molar-refractivity contribution >= 4 is 10.9 Å². The Hall–Kier alpha value is -1.28. The predicted octanol–water partition coefficient (Wildman–Crippen LogP) is 3.01. The summed E-state index contributed by atoms with van der Waals surface area (Å²) in [6.45, 7) is 5.44. The summed E-state index contributed by atoms with van der Waals surface area (Å²) in [6, 6.07) is 9.03. The molecule has 0 unspecified atom stereocenters. The molecule has 2 nitrogen and oxygen atoms in total. The predicted molar refractivity (Wildman–Crippen MR) is 64.9 cm³/mol. The quantitative estimate of drug-likeness (QED) is 0.810. The molecule has 0 bridgehead atoms. The van der Waals surface area contributed by atoms with Crippen LogP contribution in [0.25, 0.3) is 10.9 Å². The molecule has 0 aliphatic heterocycles. The minimum Gasteiger partial charge on any atom is -0.361 e. The number of aromatic nitrogens is 1. The standard InChI is InChI=1S/C13H18N2/c1-10(2)15(3)9-11-8-14-13-7-5-4-6-12(11)13/h4-8,10,14H,9H2,1-3H3. The molecule has 0 aliphatic rings. The van der Waals surface area contributed by atoms with Gasteiger partial charge in [0.1, 0.15) is 0 Å². The third-order valence-corrected chi connectivity index (χ3v) is 2.98. The minimum atomic E-state index is 0.582. The number of hydrogen-bond acceptors (Lipinski definition) is 1. The Kier molecular flexibility index (Phi) is 2.78. The number of nitrogens with one attached hydrogen (secondary N) is 1. The number of fused-ring (bicyclic) bond motifs is 1. The molecule has 1 heterocycles. The van der Waals surface area contributed by atoms with Gasteiger partial charge in [-0.2, -0.15) is 0 Å². The second-order valence-corrected chi connectivity index (χ2v) is 4.37. The van der Waals surface area contributed by atoms with E-state index in [0.29, 0.717) is 6.04 Å². The molecule has 15 heavy (non-hydrogen) atoms. The van der Waals surface area contributed by atoms with Crippen molar-refractivity contribution in [2.24, 2.45) is 0 Å². The maximum absolute atomic E-state index is 3.31. The maximum atomic E-state index is 3.31. The fourth-order valence-electron chi connectivity index (χ4n) is 1.71. The molecule has 0 radical (unpaired) electrons. The SMILES string of the molecule is CC(C)N(C)Cc1c[nH]c2ccccc12. The summed E-state index contributed by atoms with van der Waals surface area (Å²) < 4.78 is 0. The Balaban J connectivity index is 2.29. The van der Waals surface area contributed by atoms with Gasteiger partial charge in [0.25, 0.3) is 0 Å². The Labute approximate surface area is 90.9 Å². The first-order valence-electron chi connectivity index (χ1n) is 5.43. The van der Waals surface area contributed by atoms with Crippen molar-refractivity contribution in [1.29, 1.82) is 0 Å². The van der Waals surface area contributed by atoms with Crippen LogP contribution in [0.3, 0.4) is 0 Å².